The van der Waals surface area contributed by atoms with E-state index in [4.69, 9.17) is 4.74 Å². The largest absolute Gasteiger partial charge is 0.458 e. The van der Waals surface area contributed by atoms with Crippen molar-refractivity contribution >= 4 is 39.1 Å². The van der Waals surface area contributed by atoms with Gasteiger partial charge in [-0.1, -0.05) is 6.92 Å². The lowest BCUT2D eigenvalue weighted by Crippen LogP contribution is -2.44. The minimum Gasteiger partial charge on any atom is -0.458 e. The lowest BCUT2D eigenvalue weighted by molar-refractivity contribution is -0.172. The second kappa shape index (κ2) is 9.12. The number of carbonyl (C=O) groups excluding carboxylic acids is 2. The lowest BCUT2D eigenvalue weighted by Gasteiger charge is -2.40. The van der Waals surface area contributed by atoms with Crippen molar-refractivity contribution in [3.8, 4) is 0 Å². The molecule has 0 saturated heterocycles. The molecule has 1 aromatic heterocycles. The van der Waals surface area contributed by atoms with Crippen LogP contribution in [-0.2, 0) is 45.9 Å². The Labute approximate surface area is 214 Å². The van der Waals surface area contributed by atoms with E-state index in [2.05, 4.69) is 15.9 Å². The number of carbonyl (C=O) groups is 1. The zero-order valence-corrected chi connectivity index (χ0v) is 21.2. The molecule has 0 fully saturated rings. The number of aliphatic hydroxyl groups excluding tert-OH is 1. The normalized spacial score (nSPS) is 20.6. The maximum absolute atomic E-state index is 15.0. The van der Waals surface area contributed by atoms with Crippen LogP contribution in [0.4, 0.5) is 10.1 Å². The fraction of sp³-hybridized carbons (Fsp3) is 0.385. The molecule has 0 aliphatic carbocycles. The molecule has 3 aliphatic rings. The van der Waals surface area contributed by atoms with Crippen LogP contribution in [0.25, 0.3) is 5.57 Å². The molecule has 0 bridgehead atoms. The molecular weight excluding hydrogens is 535 g/mol. The van der Waals surface area contributed by atoms with Crippen molar-refractivity contribution < 1.29 is 28.9 Å². The van der Waals surface area contributed by atoms with Crippen molar-refractivity contribution in [3.05, 3.63) is 72.5 Å². The number of benzene rings is 1. The number of hydrogen-bond acceptors (Lipinski definition) is 7. The van der Waals surface area contributed by atoms with Crippen LogP contribution in [0.3, 0.4) is 0 Å². The molecule has 2 aromatic rings. The van der Waals surface area contributed by atoms with Crippen molar-refractivity contribution in [2.75, 3.05) is 18.1 Å². The van der Waals surface area contributed by atoms with E-state index in [0.717, 1.165) is 12.0 Å². The number of pyridine rings is 1. The van der Waals surface area contributed by atoms with Crippen molar-refractivity contribution in [1.82, 2.24) is 4.57 Å². The standard InChI is InChI=1S/C26H24BrFN2O6/c1-2-26(35)19-5-8-29(24(33)18(19)13-36-25(26)34)11-21-22(27)17(12-32)16-10-20(28)14(6-9-31)15-4-3-7-30(21)23(15)16/h5,8,10,31,35H,2-4,6-7,9,11,13H2,1H3/t26-/m0/s1. The molecule has 0 saturated carbocycles. The highest BCUT2D eigenvalue weighted by Crippen LogP contribution is 2.48. The Morgan fingerprint density at radius 1 is 1.31 bits per heavy atom. The average Bonchev–Trinajstić information content (AvgIpc) is 2.87. The van der Waals surface area contributed by atoms with Gasteiger partial charge in [0.15, 0.2) is 5.60 Å². The summed E-state index contributed by atoms with van der Waals surface area (Å²) in [5.74, 6) is 0.676. The molecule has 36 heavy (non-hydrogen) atoms. The molecular formula is C26H24BrFN2O6. The Hall–Kier alpha value is -3.04. The molecule has 0 spiro atoms. The first kappa shape index (κ1) is 24.6. The Balaban J connectivity index is 1.64. The van der Waals surface area contributed by atoms with Gasteiger partial charge in [-0.05, 0) is 64.9 Å². The number of allylic oxidation sites excluding steroid dienone is 3. The summed E-state index contributed by atoms with van der Waals surface area (Å²) in [6.45, 7) is 1.86. The van der Waals surface area contributed by atoms with Gasteiger partial charge in [0.1, 0.15) is 18.4 Å². The van der Waals surface area contributed by atoms with E-state index in [-0.39, 0.29) is 49.3 Å². The summed E-state index contributed by atoms with van der Waals surface area (Å²) in [6, 6.07) is 2.87. The van der Waals surface area contributed by atoms with Gasteiger partial charge in [-0.25, -0.2) is 14.0 Å². The van der Waals surface area contributed by atoms with Crippen LogP contribution < -0.4 is 10.5 Å². The number of aliphatic hydroxyl groups is 2. The van der Waals surface area contributed by atoms with Gasteiger partial charge in [0.25, 0.3) is 5.56 Å². The molecule has 8 nitrogen and oxygen atoms in total. The van der Waals surface area contributed by atoms with Gasteiger partial charge >= 0.3 is 5.97 Å². The Morgan fingerprint density at radius 3 is 2.78 bits per heavy atom. The van der Waals surface area contributed by atoms with E-state index < -0.39 is 22.9 Å². The van der Waals surface area contributed by atoms with Gasteiger partial charge in [-0.3, -0.25) is 4.79 Å². The molecule has 2 N–H and O–H groups in total. The summed E-state index contributed by atoms with van der Waals surface area (Å²) in [5.41, 5.74) is 1.23. The Kier molecular flexibility index (Phi) is 6.24. The fourth-order valence-electron chi connectivity index (χ4n) is 5.45. The molecule has 0 unspecified atom stereocenters. The van der Waals surface area contributed by atoms with Crippen molar-refractivity contribution in [2.24, 2.45) is 0 Å². The topological polar surface area (TPSA) is 109 Å². The molecule has 0 radical (unpaired) electrons. The summed E-state index contributed by atoms with van der Waals surface area (Å²) in [5, 5.41) is 20.3. The van der Waals surface area contributed by atoms with Crippen molar-refractivity contribution in [2.45, 2.75) is 51.4 Å². The van der Waals surface area contributed by atoms with E-state index in [9.17, 15) is 29.0 Å². The highest BCUT2D eigenvalue weighted by Gasteiger charge is 2.44. The molecule has 188 valence electrons. The number of rotatable bonds is 5. The van der Waals surface area contributed by atoms with Gasteiger partial charge in [-0.2, -0.15) is 0 Å². The van der Waals surface area contributed by atoms with Crippen LogP contribution in [0.2, 0.25) is 0 Å². The van der Waals surface area contributed by atoms with Gasteiger partial charge in [-0.15, -0.1) is 0 Å². The highest BCUT2D eigenvalue weighted by molar-refractivity contribution is 9.12. The number of anilines is 1. The van der Waals surface area contributed by atoms with E-state index in [1.54, 1.807) is 13.0 Å². The predicted molar refractivity (Wildman–Crippen MR) is 133 cm³/mol. The highest BCUT2D eigenvalue weighted by atomic mass is 79.9. The molecule has 5 rings (SSSR count). The maximum Gasteiger partial charge on any atom is 0.343 e. The van der Waals surface area contributed by atoms with Crippen LogP contribution in [0, 0.1) is 5.82 Å². The first-order valence-corrected chi connectivity index (χ1v) is 12.6. The SMILES string of the molecule is CC[C@@]1(O)C(=O)OCc2c1ccn(CC1=C(Br)C(=C=O)c3cc(F)c(CCO)c4c3N1CCC4)c2=O. The number of hydrogen-bond donors (Lipinski definition) is 2. The summed E-state index contributed by atoms with van der Waals surface area (Å²) < 4.78 is 21.9. The summed E-state index contributed by atoms with van der Waals surface area (Å²) in [7, 11) is 0. The van der Waals surface area contributed by atoms with E-state index >= 15 is 0 Å². The van der Waals surface area contributed by atoms with Crippen LogP contribution in [0.5, 0.6) is 0 Å². The Bertz CT molecular complexity index is 1440. The van der Waals surface area contributed by atoms with Crippen LogP contribution in [-0.4, -0.2) is 39.8 Å². The van der Waals surface area contributed by atoms with E-state index in [0.29, 0.717) is 40.0 Å². The van der Waals surface area contributed by atoms with Crippen LogP contribution in [0.1, 0.15) is 47.6 Å². The van der Waals surface area contributed by atoms with Crippen molar-refractivity contribution in [1.29, 1.82) is 0 Å². The number of nitrogens with zero attached hydrogens (tertiary/aromatic N) is 2. The quantitative estimate of drug-likeness (QED) is 0.428. The second-order valence-corrected chi connectivity index (χ2v) is 9.90. The zero-order chi connectivity index (χ0) is 25.8. The average molecular weight is 559 g/mol. The number of fused-ring (bicyclic) bond motifs is 1. The Morgan fingerprint density at radius 2 is 2.08 bits per heavy atom. The van der Waals surface area contributed by atoms with E-state index in [1.165, 1.54) is 16.8 Å². The molecule has 0 amide bonds. The molecule has 1 atom stereocenters. The van der Waals surface area contributed by atoms with Gasteiger partial charge < -0.3 is 24.4 Å². The number of ether oxygens (including phenoxy) is 1. The molecule has 3 aliphatic heterocycles. The third-order valence-electron chi connectivity index (χ3n) is 7.30. The monoisotopic (exact) mass is 558 g/mol. The summed E-state index contributed by atoms with van der Waals surface area (Å²) in [4.78, 5) is 39.6. The molecule has 4 heterocycles. The second-order valence-electron chi connectivity index (χ2n) is 9.11. The number of esters is 1. The first-order valence-electron chi connectivity index (χ1n) is 11.8. The minimum absolute atomic E-state index is 0.0621. The molecule has 10 heteroatoms. The third kappa shape index (κ3) is 3.51. The molecule has 1 aromatic carbocycles. The van der Waals surface area contributed by atoms with E-state index in [1.807, 2.05) is 10.8 Å². The number of cyclic esters (lactones) is 1. The number of halogens is 2. The maximum atomic E-state index is 15.0. The van der Waals surface area contributed by atoms with Crippen LogP contribution >= 0.6 is 15.9 Å². The number of aromatic nitrogens is 1. The summed E-state index contributed by atoms with van der Waals surface area (Å²) in [6.07, 6.45) is 3.05. The zero-order valence-electron chi connectivity index (χ0n) is 19.6. The predicted octanol–water partition coefficient (Wildman–Crippen LogP) is 2.46. The van der Waals surface area contributed by atoms with Crippen molar-refractivity contribution in [3.63, 3.8) is 0 Å². The van der Waals surface area contributed by atoms with Gasteiger partial charge in [0.2, 0.25) is 0 Å². The van der Waals surface area contributed by atoms with Crippen LogP contribution in [0.15, 0.2) is 33.3 Å². The van der Waals surface area contributed by atoms with Gasteiger partial charge in [0.05, 0.1) is 33.5 Å². The first-order chi connectivity index (χ1) is 17.3. The minimum atomic E-state index is -1.88. The van der Waals surface area contributed by atoms with Gasteiger partial charge in [0, 0.05) is 30.5 Å². The fourth-order valence-corrected chi connectivity index (χ4v) is 6.08. The lowest BCUT2D eigenvalue weighted by atomic mass is 9.86. The smallest absolute Gasteiger partial charge is 0.343 e. The summed E-state index contributed by atoms with van der Waals surface area (Å²) >= 11 is 3.50. The third-order valence-corrected chi connectivity index (χ3v) is 8.16.